The number of rotatable bonds is 12. The Labute approximate surface area is 680 Å². The van der Waals surface area contributed by atoms with Crippen LogP contribution in [0.5, 0.6) is 0 Å². The third-order valence-corrected chi connectivity index (χ3v) is 19.0. The van der Waals surface area contributed by atoms with Crippen LogP contribution in [0.1, 0.15) is 55.9 Å². The van der Waals surface area contributed by atoms with Crippen molar-refractivity contribution >= 4 is 11.3 Å². The number of nitrogens with zero attached hydrogens (tertiary/aromatic N) is 8. The molecule has 4 aromatic heterocycles. The van der Waals surface area contributed by atoms with Gasteiger partial charge in [0.1, 0.15) is 23.0 Å². The number of hydrogen-bond acceptors (Lipinski definition) is 8. The van der Waals surface area contributed by atoms with Crippen LogP contribution in [0.2, 0.25) is 0 Å². The molecular weight excluding hydrogens is 2030 g/mol. The topological polar surface area (TPSA) is 100 Å². The van der Waals surface area contributed by atoms with E-state index in [1.165, 1.54) is 99.5 Å². The Kier molecular flexibility index (Phi) is 28.5. The van der Waals surface area contributed by atoms with E-state index < -0.39 is 0 Å². The van der Waals surface area contributed by atoms with Crippen LogP contribution in [-0.4, -0.2) is 40.0 Å². The first kappa shape index (κ1) is 80.5. The number of aromatic nitrogens is 8. The molecule has 4 heterocycles. The van der Waals surface area contributed by atoms with Gasteiger partial charge in [-0.1, -0.05) is 181 Å². The van der Waals surface area contributed by atoms with Crippen LogP contribution in [0.4, 0.5) is 0 Å². The first-order chi connectivity index (χ1) is 49.7. The van der Waals surface area contributed by atoms with Gasteiger partial charge in [-0.05, 0) is 175 Å². The van der Waals surface area contributed by atoms with Crippen LogP contribution in [0, 0.1) is 93.5 Å². The molecule has 0 N–H and O–H groups in total. The third-order valence-electron chi connectivity index (χ3n) is 17.9. The number of benzene rings is 12. The molecule has 0 fully saturated rings. The first-order valence-corrected chi connectivity index (χ1v) is 34.9. The van der Waals surface area contributed by atoms with Crippen molar-refractivity contribution in [3.63, 3.8) is 0 Å². The van der Waals surface area contributed by atoms with E-state index in [2.05, 4.69) is 270 Å². The van der Waals surface area contributed by atoms with Crippen LogP contribution in [0.3, 0.4) is 0 Å². The van der Waals surface area contributed by atoms with Crippen molar-refractivity contribution in [2.24, 2.45) is 0 Å². The van der Waals surface area contributed by atoms with Gasteiger partial charge in [-0.2, -0.15) is 74.9 Å². The average molecular weight is 2110 g/mol. The Morgan fingerprint density at radius 2 is 0.717 bits per heavy atom. The summed E-state index contributed by atoms with van der Waals surface area (Å²) in [5.41, 5.74) is 31.8. The molecule has 0 aliphatic carbocycles. The van der Waals surface area contributed by atoms with Gasteiger partial charge in [-0.15, -0.1) is 83.5 Å². The molecule has 0 aliphatic rings. The quantitative estimate of drug-likeness (QED) is 0.112. The van der Waals surface area contributed by atoms with Gasteiger partial charge in [0.25, 0.3) is 0 Å². The fourth-order valence-electron chi connectivity index (χ4n) is 13.2. The largest absolute Gasteiger partial charge is 0.481 e. The number of hydrogen-bond donors (Lipinski definition) is 0. The van der Waals surface area contributed by atoms with Gasteiger partial charge < -0.3 is 4.42 Å². The van der Waals surface area contributed by atoms with E-state index in [1.54, 1.807) is 22.3 Å². The summed E-state index contributed by atoms with van der Waals surface area (Å²) >= 11 is 1.73. The maximum atomic E-state index is 6.02. The zero-order chi connectivity index (χ0) is 70.6. The maximum Gasteiger partial charge on any atom is 0.141 e. The maximum absolute atomic E-state index is 6.02. The number of oxazole rings is 1. The Bertz CT molecular complexity index is 5150. The van der Waals surface area contributed by atoms with Crippen LogP contribution < -0.4 is 0 Å². The minimum Gasteiger partial charge on any atom is -0.481 e. The SMILES string of the molecule is Cc1cc(-c2ccccc2)cc(C)c1-c1cnc(-c2[c-]cccc2)o1.Cc1cc(-c2ccccc2)cc(C)c1-c1cnc(-c2[c-]cccc2)s1.Cc1cc(-c2ccccc2)cc(C)c1-c1nn(-c2[c-]cccc2)nc1C.Cc1cc(-c2ccccc2)cc(C)c1-c1nnn(-c2[c-]cccc2)c1C.[Ir].[Ir].[Ir].[Ir]. The predicted octanol–water partition coefficient (Wildman–Crippen LogP) is 23.3. The molecule has 0 atom stereocenters. The second kappa shape index (κ2) is 37.6. The summed E-state index contributed by atoms with van der Waals surface area (Å²) in [4.78, 5) is 11.9. The Morgan fingerprint density at radius 1 is 0.340 bits per heavy atom. The monoisotopic (exact) mass is 2110 g/mol. The molecule has 0 saturated carbocycles. The summed E-state index contributed by atoms with van der Waals surface area (Å²) < 4.78 is 7.87. The molecule has 0 unspecified atom stereocenters. The summed E-state index contributed by atoms with van der Waals surface area (Å²) in [5.74, 6) is 1.39. The van der Waals surface area contributed by atoms with Crippen molar-refractivity contribution in [3.05, 3.63) is 359 Å². The van der Waals surface area contributed by atoms with Gasteiger partial charge in [0.15, 0.2) is 0 Å². The molecule has 0 amide bonds. The summed E-state index contributed by atoms with van der Waals surface area (Å²) in [6.45, 7) is 21.2. The number of para-hydroxylation sites is 2. The van der Waals surface area contributed by atoms with Crippen molar-refractivity contribution in [2.75, 3.05) is 0 Å². The molecule has 0 spiro atoms. The predicted molar refractivity (Wildman–Crippen MR) is 418 cm³/mol. The first-order valence-electron chi connectivity index (χ1n) is 34.1. The molecule has 0 saturated heterocycles. The molecule has 106 heavy (non-hydrogen) atoms. The van der Waals surface area contributed by atoms with Gasteiger partial charge in [-0.3, -0.25) is 9.97 Å². The second-order valence-electron chi connectivity index (χ2n) is 25.4. The van der Waals surface area contributed by atoms with Gasteiger partial charge in [0.05, 0.1) is 17.6 Å². The number of thiazole rings is 1. The van der Waals surface area contributed by atoms with Gasteiger partial charge in [-0.25, -0.2) is 4.68 Å². The van der Waals surface area contributed by atoms with Crippen molar-refractivity contribution in [3.8, 4) is 122 Å². The fourth-order valence-corrected chi connectivity index (χ4v) is 14.3. The minimum absolute atomic E-state index is 0. The normalized spacial score (nSPS) is 10.4. The van der Waals surface area contributed by atoms with E-state index in [4.69, 9.17) is 9.52 Å². The smallest absolute Gasteiger partial charge is 0.141 e. The van der Waals surface area contributed by atoms with Crippen molar-refractivity contribution < 1.29 is 84.8 Å². The van der Waals surface area contributed by atoms with E-state index in [0.29, 0.717) is 5.89 Å². The Morgan fingerprint density at radius 3 is 1.13 bits per heavy atom. The van der Waals surface area contributed by atoms with Crippen molar-refractivity contribution in [2.45, 2.75) is 69.2 Å². The zero-order valence-electron chi connectivity index (χ0n) is 60.3. The van der Waals surface area contributed by atoms with Gasteiger partial charge >= 0.3 is 0 Å². The van der Waals surface area contributed by atoms with Gasteiger partial charge in [0.2, 0.25) is 0 Å². The van der Waals surface area contributed by atoms with Crippen molar-refractivity contribution in [1.29, 1.82) is 0 Å². The fraction of sp³-hybridized carbons (Fsp3) is 0.109. The molecule has 14 heteroatoms. The van der Waals surface area contributed by atoms with Crippen LogP contribution >= 0.6 is 11.3 Å². The summed E-state index contributed by atoms with van der Waals surface area (Å²) in [6, 6.07) is 104. The van der Waals surface area contributed by atoms with Crippen LogP contribution in [-0.2, 0) is 80.4 Å². The van der Waals surface area contributed by atoms with Crippen LogP contribution in [0.25, 0.3) is 122 Å². The molecular formula is C92H76Ir4N8OS-4. The Hall–Kier alpha value is -9.64. The molecule has 536 valence electrons. The van der Waals surface area contributed by atoms with E-state index >= 15 is 0 Å². The Balaban J connectivity index is 0.000000161. The summed E-state index contributed by atoms with van der Waals surface area (Å²) in [6.07, 6.45) is 3.78. The molecule has 12 aromatic carbocycles. The standard InChI is InChI=1S/2C23H20N3.C23H18NO.C23H18NS.4Ir/c1-16-14-20(19-10-6-4-7-11-19)15-17(2)22(16)23-18(3)26(25-24-23)21-12-8-5-9-13-21;1-16-14-20(19-10-6-4-7-11-19)15-17(2)22(16)23-18(3)24-26(25-23)21-12-8-5-9-13-21;2*1-16-13-20(18-9-5-3-6-10-18)14-17(2)22(16)21-15-24-23(25-21)19-11-7-4-8-12-19;;;;/h2*4-12,14-15H,1-3H3;2*3-11,13-15H,1-2H3;;;;/q4*-1;;;;. The van der Waals surface area contributed by atoms with E-state index in [0.717, 1.165) is 72.7 Å². The van der Waals surface area contributed by atoms with Gasteiger partial charge in [0, 0.05) is 113 Å². The van der Waals surface area contributed by atoms with E-state index in [-0.39, 0.29) is 80.4 Å². The summed E-state index contributed by atoms with van der Waals surface area (Å²) in [7, 11) is 0. The minimum atomic E-state index is 0. The molecule has 16 rings (SSSR count). The second-order valence-corrected chi connectivity index (χ2v) is 26.4. The molecule has 16 aromatic rings. The molecule has 9 nitrogen and oxygen atoms in total. The molecule has 0 aliphatic heterocycles. The third kappa shape index (κ3) is 18.8. The van der Waals surface area contributed by atoms with Crippen LogP contribution in [0.15, 0.2) is 284 Å². The van der Waals surface area contributed by atoms with E-state index in [1.807, 2.05) is 127 Å². The molecule has 0 bridgehead atoms. The summed E-state index contributed by atoms with van der Waals surface area (Å²) in [5, 5.41) is 19.2. The number of aryl methyl sites for hydroxylation is 9. The molecule has 4 radical (unpaired) electrons. The average Bonchev–Trinajstić information content (AvgIpc) is 1.61. The van der Waals surface area contributed by atoms with E-state index in [9.17, 15) is 0 Å². The zero-order valence-corrected chi connectivity index (χ0v) is 70.7. The van der Waals surface area contributed by atoms with Crippen molar-refractivity contribution in [1.82, 2.24) is 40.0 Å².